The topological polar surface area (TPSA) is 24.9 Å². The fourth-order valence-electron chi connectivity index (χ4n) is 1.57. The van der Waals surface area contributed by atoms with Gasteiger partial charge in [-0.25, -0.2) is 4.98 Å². The van der Waals surface area contributed by atoms with Gasteiger partial charge in [0.15, 0.2) is 0 Å². The minimum absolute atomic E-state index is 0.804. The van der Waals surface area contributed by atoms with Crippen molar-refractivity contribution in [1.82, 2.24) is 4.98 Å². The molecular weight excluding hydrogens is 364 g/mol. The van der Waals surface area contributed by atoms with Crippen molar-refractivity contribution in [3.8, 4) is 0 Å². The van der Waals surface area contributed by atoms with Crippen molar-refractivity contribution in [3.63, 3.8) is 0 Å². The average Bonchev–Trinajstić information content (AvgIpc) is 2.57. The quantitative estimate of drug-likeness (QED) is 0.825. The Morgan fingerprint density at radius 1 is 1.24 bits per heavy atom. The molecule has 0 bridgehead atoms. The minimum Gasteiger partial charge on any atom is -0.378 e. The van der Waals surface area contributed by atoms with Crippen LogP contribution >= 0.6 is 43.2 Å². The molecule has 0 saturated heterocycles. The van der Waals surface area contributed by atoms with E-state index in [0.717, 1.165) is 31.9 Å². The Morgan fingerprint density at radius 2 is 1.88 bits per heavy atom. The molecule has 5 heteroatoms. The van der Waals surface area contributed by atoms with Gasteiger partial charge < -0.3 is 5.32 Å². The molecule has 1 N–H and O–H groups in total. The van der Waals surface area contributed by atoms with Crippen molar-refractivity contribution < 1.29 is 0 Å². The van der Waals surface area contributed by atoms with Gasteiger partial charge in [-0.2, -0.15) is 0 Å². The fourth-order valence-corrected chi connectivity index (χ4v) is 3.73. The highest BCUT2D eigenvalue weighted by atomic mass is 79.9. The molecule has 90 valence electrons. The summed E-state index contributed by atoms with van der Waals surface area (Å²) >= 11 is 8.82. The lowest BCUT2D eigenvalue weighted by atomic mass is 10.3. The number of benzene rings is 1. The molecule has 0 radical (unpaired) electrons. The molecule has 0 atom stereocenters. The van der Waals surface area contributed by atoms with Crippen LogP contribution in [0.4, 0.5) is 5.69 Å². The zero-order valence-corrected chi connectivity index (χ0v) is 13.5. The van der Waals surface area contributed by atoms with Crippen LogP contribution in [-0.4, -0.2) is 4.98 Å². The fraction of sp³-hybridized carbons (Fsp3) is 0.250. The summed E-state index contributed by atoms with van der Waals surface area (Å²) in [6, 6.07) is 6.05. The average molecular weight is 376 g/mol. The van der Waals surface area contributed by atoms with Crippen LogP contribution in [0.2, 0.25) is 0 Å². The van der Waals surface area contributed by atoms with Crippen molar-refractivity contribution in [2.24, 2.45) is 0 Å². The molecule has 2 aromatic rings. The molecule has 17 heavy (non-hydrogen) atoms. The predicted molar refractivity (Wildman–Crippen MR) is 80.8 cm³/mol. The smallest absolute Gasteiger partial charge is 0.0900 e. The summed E-state index contributed by atoms with van der Waals surface area (Å²) in [6.45, 7) is 4.89. The molecule has 1 aromatic heterocycles. The minimum atomic E-state index is 0.804. The lowest BCUT2D eigenvalue weighted by Gasteiger charge is -2.09. The van der Waals surface area contributed by atoms with E-state index in [0.29, 0.717) is 0 Å². The van der Waals surface area contributed by atoms with Gasteiger partial charge in [-0.05, 0) is 57.8 Å². The normalized spacial score (nSPS) is 10.6. The zero-order chi connectivity index (χ0) is 12.4. The third kappa shape index (κ3) is 3.09. The maximum absolute atomic E-state index is 4.42. The summed E-state index contributed by atoms with van der Waals surface area (Å²) in [5.74, 6) is 0. The number of anilines is 1. The maximum atomic E-state index is 4.42. The van der Waals surface area contributed by atoms with Crippen LogP contribution in [0.5, 0.6) is 0 Å². The standard InChI is InChI=1S/C12H12Br2N2S/c1-7-11(17-8(2)16-7)6-15-12-9(13)4-3-5-10(12)14/h3-5,15H,6H2,1-2H3. The molecule has 0 amide bonds. The molecule has 2 nitrogen and oxygen atoms in total. The summed E-state index contributed by atoms with van der Waals surface area (Å²) in [5.41, 5.74) is 2.20. The van der Waals surface area contributed by atoms with E-state index < -0.39 is 0 Å². The maximum Gasteiger partial charge on any atom is 0.0900 e. The Kier molecular flexibility index (Phi) is 4.22. The molecule has 0 saturated carbocycles. The van der Waals surface area contributed by atoms with E-state index in [1.54, 1.807) is 11.3 Å². The van der Waals surface area contributed by atoms with Crippen LogP contribution in [0.15, 0.2) is 27.1 Å². The summed E-state index contributed by atoms with van der Waals surface area (Å²) in [4.78, 5) is 5.71. The van der Waals surface area contributed by atoms with Gasteiger partial charge in [0.1, 0.15) is 0 Å². The number of nitrogens with zero attached hydrogens (tertiary/aromatic N) is 1. The van der Waals surface area contributed by atoms with E-state index in [4.69, 9.17) is 0 Å². The van der Waals surface area contributed by atoms with Crippen LogP contribution in [0.3, 0.4) is 0 Å². The Bertz CT molecular complexity index is 517. The van der Waals surface area contributed by atoms with E-state index in [-0.39, 0.29) is 0 Å². The number of halogens is 2. The summed E-state index contributed by atoms with van der Waals surface area (Å²) < 4.78 is 2.12. The van der Waals surface area contributed by atoms with Gasteiger partial charge in [0.05, 0.1) is 22.9 Å². The SMILES string of the molecule is Cc1nc(C)c(CNc2c(Br)cccc2Br)s1. The van der Waals surface area contributed by atoms with Crippen molar-refractivity contribution >= 4 is 48.9 Å². The lowest BCUT2D eigenvalue weighted by Crippen LogP contribution is -2.00. The molecule has 0 fully saturated rings. The van der Waals surface area contributed by atoms with E-state index in [2.05, 4.69) is 49.1 Å². The number of hydrogen-bond acceptors (Lipinski definition) is 3. The summed E-state index contributed by atoms with van der Waals surface area (Å²) in [6.07, 6.45) is 0. The number of aromatic nitrogens is 1. The van der Waals surface area contributed by atoms with Gasteiger partial charge in [0.25, 0.3) is 0 Å². The van der Waals surface area contributed by atoms with E-state index in [1.165, 1.54) is 4.88 Å². The van der Waals surface area contributed by atoms with Crippen LogP contribution < -0.4 is 5.32 Å². The number of nitrogens with one attached hydrogen (secondary N) is 1. The molecule has 0 spiro atoms. The van der Waals surface area contributed by atoms with Gasteiger partial charge in [-0.15, -0.1) is 11.3 Å². The van der Waals surface area contributed by atoms with E-state index in [1.807, 2.05) is 25.1 Å². The molecule has 1 heterocycles. The Morgan fingerprint density at radius 3 is 2.41 bits per heavy atom. The number of aryl methyl sites for hydroxylation is 2. The second-order valence-corrected chi connectivity index (χ2v) is 6.69. The van der Waals surface area contributed by atoms with Crippen LogP contribution in [0, 0.1) is 13.8 Å². The second kappa shape index (κ2) is 5.50. The van der Waals surface area contributed by atoms with Gasteiger partial charge in [0, 0.05) is 13.8 Å². The molecule has 0 aliphatic heterocycles. The highest BCUT2D eigenvalue weighted by molar-refractivity contribution is 9.11. The van der Waals surface area contributed by atoms with Crippen molar-refractivity contribution in [3.05, 3.63) is 42.7 Å². The van der Waals surface area contributed by atoms with Crippen LogP contribution in [0.25, 0.3) is 0 Å². The van der Waals surface area contributed by atoms with Crippen molar-refractivity contribution in [2.75, 3.05) is 5.32 Å². The van der Waals surface area contributed by atoms with Crippen molar-refractivity contribution in [1.29, 1.82) is 0 Å². The molecule has 0 aliphatic rings. The van der Waals surface area contributed by atoms with E-state index in [9.17, 15) is 0 Å². The molecule has 0 aliphatic carbocycles. The Hall–Kier alpha value is -0.390. The van der Waals surface area contributed by atoms with Gasteiger partial charge in [-0.3, -0.25) is 0 Å². The first-order valence-corrected chi connectivity index (χ1v) is 7.59. The Labute approximate surface area is 122 Å². The first kappa shape index (κ1) is 13.1. The van der Waals surface area contributed by atoms with Crippen LogP contribution in [-0.2, 0) is 6.54 Å². The summed E-state index contributed by atoms with van der Waals surface area (Å²) in [5, 5.41) is 4.54. The number of para-hydroxylation sites is 1. The third-order valence-electron chi connectivity index (χ3n) is 2.39. The van der Waals surface area contributed by atoms with Gasteiger partial charge in [-0.1, -0.05) is 6.07 Å². The van der Waals surface area contributed by atoms with Crippen LogP contribution in [0.1, 0.15) is 15.6 Å². The van der Waals surface area contributed by atoms with Gasteiger partial charge in [0.2, 0.25) is 0 Å². The molecule has 2 rings (SSSR count). The lowest BCUT2D eigenvalue weighted by molar-refractivity contribution is 1.10. The monoisotopic (exact) mass is 374 g/mol. The first-order chi connectivity index (χ1) is 8.08. The third-order valence-corrected chi connectivity index (χ3v) is 4.78. The highest BCUT2D eigenvalue weighted by Gasteiger charge is 2.07. The summed E-state index contributed by atoms with van der Waals surface area (Å²) in [7, 11) is 0. The second-order valence-electron chi connectivity index (χ2n) is 3.69. The number of hydrogen-bond donors (Lipinski definition) is 1. The van der Waals surface area contributed by atoms with E-state index >= 15 is 0 Å². The van der Waals surface area contributed by atoms with Gasteiger partial charge >= 0.3 is 0 Å². The predicted octanol–water partition coefficient (Wildman–Crippen LogP) is 4.90. The molecular formula is C12H12Br2N2S. The Balaban J connectivity index is 2.15. The molecule has 1 aromatic carbocycles. The van der Waals surface area contributed by atoms with Crippen molar-refractivity contribution in [2.45, 2.75) is 20.4 Å². The number of thiazole rings is 1. The zero-order valence-electron chi connectivity index (χ0n) is 9.55. The number of rotatable bonds is 3. The highest BCUT2D eigenvalue weighted by Crippen LogP contribution is 2.31. The first-order valence-electron chi connectivity index (χ1n) is 5.18. The molecule has 0 unspecified atom stereocenters. The largest absolute Gasteiger partial charge is 0.378 e.